The molecule has 0 aliphatic carbocycles. The minimum atomic E-state index is -0.221. The van der Waals surface area contributed by atoms with Crippen LogP contribution in [0.25, 0.3) is 10.9 Å². The molecule has 0 unspecified atom stereocenters. The Balaban J connectivity index is 1.78. The largest absolute Gasteiger partial charge is 0.508 e. The summed E-state index contributed by atoms with van der Waals surface area (Å²) in [5, 5.41) is 13.1. The summed E-state index contributed by atoms with van der Waals surface area (Å²) in [6.45, 7) is 0.997. The van der Waals surface area contributed by atoms with Crippen LogP contribution in [0.3, 0.4) is 0 Å². The lowest BCUT2D eigenvalue weighted by molar-refractivity contribution is -0.113. The van der Waals surface area contributed by atoms with E-state index in [0.29, 0.717) is 41.3 Å². The van der Waals surface area contributed by atoms with E-state index in [-0.39, 0.29) is 23.0 Å². The molecule has 3 rings (SSSR count). The Morgan fingerprint density at radius 3 is 2.71 bits per heavy atom. The van der Waals surface area contributed by atoms with Gasteiger partial charge in [-0.05, 0) is 42.8 Å². The lowest BCUT2D eigenvalue weighted by Crippen LogP contribution is -2.25. The van der Waals surface area contributed by atoms with Gasteiger partial charge in [-0.2, -0.15) is 0 Å². The first kappa shape index (κ1) is 19.9. The maximum Gasteiger partial charge on any atom is 0.262 e. The summed E-state index contributed by atoms with van der Waals surface area (Å²) in [6.07, 6.45) is 0.670. The number of aromatic nitrogens is 2. The van der Waals surface area contributed by atoms with E-state index in [1.54, 1.807) is 35.9 Å². The Morgan fingerprint density at radius 2 is 1.96 bits per heavy atom. The number of carbonyl (C=O) groups excluding carboxylic acids is 1. The number of phenolic OH excluding ortho intramolecular Hbond substituents is 1. The monoisotopic (exact) mass is 399 g/mol. The van der Waals surface area contributed by atoms with Crippen LogP contribution in [0.1, 0.15) is 6.42 Å². The first-order valence-corrected chi connectivity index (χ1v) is 9.77. The molecule has 0 radical (unpaired) electrons. The number of phenols is 1. The summed E-state index contributed by atoms with van der Waals surface area (Å²) in [6, 6.07) is 13.4. The van der Waals surface area contributed by atoms with Crippen LogP contribution in [0.5, 0.6) is 5.75 Å². The molecule has 0 saturated carbocycles. The minimum Gasteiger partial charge on any atom is -0.508 e. The summed E-state index contributed by atoms with van der Waals surface area (Å²) in [5.74, 6) is 0.0185. The Bertz CT molecular complexity index is 1020. The molecule has 0 bridgehead atoms. The number of nitrogens with one attached hydrogen (secondary N) is 1. The topological polar surface area (TPSA) is 93.4 Å². The number of benzene rings is 2. The Labute approximate surface area is 166 Å². The van der Waals surface area contributed by atoms with E-state index in [1.165, 1.54) is 23.9 Å². The van der Waals surface area contributed by atoms with Crippen molar-refractivity contribution in [2.75, 3.05) is 24.8 Å². The first-order chi connectivity index (χ1) is 13.6. The van der Waals surface area contributed by atoms with Gasteiger partial charge < -0.3 is 15.2 Å². The maximum atomic E-state index is 12.9. The number of carbonyl (C=O) groups is 1. The molecular formula is C20H21N3O4S. The third-order valence-corrected chi connectivity index (χ3v) is 5.02. The van der Waals surface area contributed by atoms with Gasteiger partial charge in [0.15, 0.2) is 5.16 Å². The van der Waals surface area contributed by atoms with Gasteiger partial charge in [0.2, 0.25) is 5.91 Å². The number of amides is 1. The van der Waals surface area contributed by atoms with Crippen LogP contribution in [0.15, 0.2) is 58.5 Å². The molecule has 0 spiro atoms. The molecular weight excluding hydrogens is 378 g/mol. The van der Waals surface area contributed by atoms with Crippen molar-refractivity contribution in [3.05, 3.63) is 58.9 Å². The van der Waals surface area contributed by atoms with Crippen molar-refractivity contribution >= 4 is 34.3 Å². The Kier molecular flexibility index (Phi) is 6.67. The van der Waals surface area contributed by atoms with Crippen LogP contribution >= 0.6 is 11.8 Å². The lowest BCUT2D eigenvalue weighted by Gasteiger charge is -2.13. The molecule has 1 heterocycles. The third-order valence-electron chi connectivity index (χ3n) is 4.04. The van der Waals surface area contributed by atoms with Gasteiger partial charge in [-0.25, -0.2) is 4.98 Å². The van der Waals surface area contributed by atoms with Gasteiger partial charge in [-0.1, -0.05) is 23.9 Å². The lowest BCUT2D eigenvalue weighted by atomic mass is 10.2. The van der Waals surface area contributed by atoms with Crippen LogP contribution in [-0.4, -0.2) is 40.0 Å². The van der Waals surface area contributed by atoms with E-state index in [9.17, 15) is 14.7 Å². The van der Waals surface area contributed by atoms with Crippen molar-refractivity contribution in [2.24, 2.45) is 0 Å². The van der Waals surface area contributed by atoms with Crippen LogP contribution in [0, 0.1) is 0 Å². The quantitative estimate of drug-likeness (QED) is 0.262. The highest BCUT2D eigenvalue weighted by Crippen LogP contribution is 2.19. The van der Waals surface area contributed by atoms with Crippen molar-refractivity contribution in [1.82, 2.24) is 9.55 Å². The summed E-state index contributed by atoms with van der Waals surface area (Å²) < 4.78 is 6.68. The normalized spacial score (nSPS) is 10.9. The number of aromatic hydroxyl groups is 1. The number of hydrogen-bond acceptors (Lipinski definition) is 6. The number of ether oxygens (including phenoxy) is 1. The number of para-hydroxylation sites is 1. The smallest absolute Gasteiger partial charge is 0.262 e. The molecule has 146 valence electrons. The molecule has 0 saturated heterocycles. The molecule has 0 aliphatic heterocycles. The van der Waals surface area contributed by atoms with Gasteiger partial charge in [0, 0.05) is 25.9 Å². The van der Waals surface area contributed by atoms with Gasteiger partial charge >= 0.3 is 0 Å². The zero-order valence-corrected chi connectivity index (χ0v) is 16.2. The fraction of sp³-hybridized carbons (Fsp3) is 0.250. The summed E-state index contributed by atoms with van der Waals surface area (Å²) in [5.41, 5.74) is 1.08. The van der Waals surface area contributed by atoms with E-state index in [2.05, 4.69) is 10.3 Å². The van der Waals surface area contributed by atoms with Gasteiger partial charge in [0.25, 0.3) is 5.56 Å². The Hall–Kier alpha value is -2.84. The molecule has 7 nitrogen and oxygen atoms in total. The van der Waals surface area contributed by atoms with Gasteiger partial charge in [0.1, 0.15) is 5.75 Å². The predicted octanol–water partition coefficient (Wildman–Crippen LogP) is 2.87. The predicted molar refractivity (Wildman–Crippen MR) is 110 cm³/mol. The molecule has 0 aliphatic rings. The van der Waals surface area contributed by atoms with Crippen molar-refractivity contribution in [3.63, 3.8) is 0 Å². The third kappa shape index (κ3) is 4.90. The molecule has 1 amide bonds. The van der Waals surface area contributed by atoms with E-state index < -0.39 is 0 Å². The minimum absolute atomic E-state index is 0.107. The molecule has 3 aromatic rings. The number of thioether (sulfide) groups is 1. The second-order valence-electron chi connectivity index (χ2n) is 6.10. The van der Waals surface area contributed by atoms with E-state index in [0.717, 1.165) is 0 Å². The number of anilines is 1. The first-order valence-electron chi connectivity index (χ1n) is 8.78. The van der Waals surface area contributed by atoms with Gasteiger partial charge in [0.05, 0.1) is 16.7 Å². The van der Waals surface area contributed by atoms with Crippen LogP contribution in [0.4, 0.5) is 5.69 Å². The maximum absolute atomic E-state index is 12.9. The summed E-state index contributed by atoms with van der Waals surface area (Å²) >= 11 is 1.21. The number of rotatable bonds is 8. The van der Waals surface area contributed by atoms with Crippen molar-refractivity contribution < 1.29 is 14.6 Å². The molecule has 1 aromatic heterocycles. The fourth-order valence-corrected chi connectivity index (χ4v) is 3.52. The van der Waals surface area contributed by atoms with Crippen LogP contribution < -0.4 is 10.9 Å². The SMILES string of the molecule is COCCCn1c(SCC(=O)Nc2ccc(O)cc2)nc2ccccc2c1=O. The fourth-order valence-electron chi connectivity index (χ4n) is 2.69. The zero-order chi connectivity index (χ0) is 19.9. The van der Waals surface area contributed by atoms with Crippen LogP contribution in [0.2, 0.25) is 0 Å². The number of methoxy groups -OCH3 is 1. The molecule has 28 heavy (non-hydrogen) atoms. The van der Waals surface area contributed by atoms with Crippen molar-refractivity contribution in [3.8, 4) is 5.75 Å². The Morgan fingerprint density at radius 1 is 1.21 bits per heavy atom. The van der Waals surface area contributed by atoms with E-state index in [4.69, 9.17) is 4.74 Å². The number of fused-ring (bicyclic) bond motifs is 1. The van der Waals surface area contributed by atoms with Crippen molar-refractivity contribution in [2.45, 2.75) is 18.1 Å². The molecule has 2 aromatic carbocycles. The van der Waals surface area contributed by atoms with Crippen LogP contribution in [-0.2, 0) is 16.1 Å². The highest BCUT2D eigenvalue weighted by Gasteiger charge is 2.13. The number of hydrogen-bond donors (Lipinski definition) is 2. The second-order valence-corrected chi connectivity index (χ2v) is 7.04. The summed E-state index contributed by atoms with van der Waals surface area (Å²) in [4.78, 5) is 29.7. The second kappa shape index (κ2) is 9.38. The van der Waals surface area contributed by atoms with Crippen molar-refractivity contribution in [1.29, 1.82) is 0 Å². The summed E-state index contributed by atoms with van der Waals surface area (Å²) in [7, 11) is 1.62. The molecule has 0 fully saturated rings. The average Bonchev–Trinajstić information content (AvgIpc) is 2.70. The van der Waals surface area contributed by atoms with Gasteiger partial charge in [-0.3, -0.25) is 14.2 Å². The molecule has 8 heteroatoms. The zero-order valence-electron chi connectivity index (χ0n) is 15.4. The van der Waals surface area contributed by atoms with Gasteiger partial charge in [-0.15, -0.1) is 0 Å². The molecule has 0 atom stereocenters. The van der Waals surface area contributed by atoms with E-state index in [1.807, 2.05) is 12.1 Å². The van der Waals surface area contributed by atoms with E-state index >= 15 is 0 Å². The average molecular weight is 399 g/mol. The standard InChI is InChI=1S/C20H21N3O4S/c1-27-12-4-11-23-19(26)16-5-2-3-6-17(16)22-20(23)28-13-18(25)21-14-7-9-15(24)10-8-14/h2-3,5-10,24H,4,11-13H2,1H3,(H,21,25). The highest BCUT2D eigenvalue weighted by atomic mass is 32.2. The molecule has 2 N–H and O–H groups in total. The highest BCUT2D eigenvalue weighted by molar-refractivity contribution is 7.99. The number of nitrogens with zero attached hydrogens (tertiary/aromatic N) is 2.